The SMILES string of the molecule is CC1(C)Cc2nc3sc4c(NCCc5ccc6[nH]cnc6c5)ncnc4c3c(C(=O)OCCCCCCCCCCCCCCCC(=O)O)c2CO1. The lowest BCUT2D eigenvalue weighted by Crippen LogP contribution is -2.33. The third-order valence-corrected chi connectivity index (χ3v) is 11.0. The number of H-pyrrole nitrogens is 1. The van der Waals surface area contributed by atoms with Crippen molar-refractivity contribution >= 4 is 60.6 Å². The van der Waals surface area contributed by atoms with Gasteiger partial charge < -0.3 is 24.9 Å². The maximum absolute atomic E-state index is 13.9. The summed E-state index contributed by atoms with van der Waals surface area (Å²) in [5.41, 5.74) is 5.70. The fourth-order valence-electron chi connectivity index (χ4n) is 7.08. The van der Waals surface area contributed by atoms with Crippen LogP contribution < -0.4 is 5.32 Å². The van der Waals surface area contributed by atoms with E-state index < -0.39 is 5.97 Å². The second-order valence-electron chi connectivity index (χ2n) is 14.6. The first-order valence-electron chi connectivity index (χ1n) is 19.1. The van der Waals surface area contributed by atoms with E-state index in [2.05, 4.69) is 57.3 Å². The maximum Gasteiger partial charge on any atom is 0.339 e. The van der Waals surface area contributed by atoms with Gasteiger partial charge in [-0.25, -0.2) is 24.7 Å². The van der Waals surface area contributed by atoms with Crippen LogP contribution in [0.1, 0.15) is 131 Å². The van der Waals surface area contributed by atoms with Crippen molar-refractivity contribution in [1.82, 2.24) is 24.9 Å². The largest absolute Gasteiger partial charge is 0.481 e. The van der Waals surface area contributed by atoms with Crippen molar-refractivity contribution in [3.63, 3.8) is 0 Å². The zero-order valence-corrected chi connectivity index (χ0v) is 31.4. The molecule has 0 amide bonds. The van der Waals surface area contributed by atoms with Crippen LogP contribution in [0.3, 0.4) is 0 Å². The summed E-state index contributed by atoms with van der Waals surface area (Å²) in [5, 5.41) is 12.9. The van der Waals surface area contributed by atoms with Crippen LogP contribution >= 0.6 is 11.3 Å². The van der Waals surface area contributed by atoms with Crippen LogP contribution in [0.4, 0.5) is 5.82 Å². The van der Waals surface area contributed by atoms with Gasteiger partial charge in [-0.05, 0) is 50.8 Å². The molecule has 5 aromatic rings. The summed E-state index contributed by atoms with van der Waals surface area (Å²) in [6.45, 7) is 5.46. The van der Waals surface area contributed by atoms with E-state index in [4.69, 9.17) is 19.6 Å². The molecule has 6 rings (SSSR count). The molecule has 278 valence electrons. The van der Waals surface area contributed by atoms with E-state index >= 15 is 0 Å². The lowest BCUT2D eigenvalue weighted by molar-refractivity contribution is -0.137. The Morgan fingerprint density at radius 1 is 0.962 bits per heavy atom. The van der Waals surface area contributed by atoms with E-state index in [-0.39, 0.29) is 11.6 Å². The second kappa shape index (κ2) is 18.1. The zero-order chi connectivity index (χ0) is 36.3. The molecule has 52 heavy (non-hydrogen) atoms. The van der Waals surface area contributed by atoms with E-state index in [0.717, 1.165) is 88.0 Å². The van der Waals surface area contributed by atoms with Crippen LogP contribution in [0.15, 0.2) is 30.9 Å². The molecule has 11 nitrogen and oxygen atoms in total. The minimum absolute atomic E-state index is 0.293. The first-order valence-corrected chi connectivity index (χ1v) is 19.9. The Morgan fingerprint density at radius 2 is 1.67 bits per heavy atom. The van der Waals surface area contributed by atoms with Crippen LogP contribution in [-0.2, 0) is 33.7 Å². The molecule has 0 aliphatic carbocycles. The smallest absolute Gasteiger partial charge is 0.339 e. The number of carbonyl (C=O) groups is 2. The molecule has 1 aliphatic heterocycles. The summed E-state index contributed by atoms with van der Waals surface area (Å²) < 4.78 is 13.0. The number of fused-ring (bicyclic) bond motifs is 5. The number of thiophene rings is 1. The number of aliphatic carboxylic acids is 1. The van der Waals surface area contributed by atoms with Crippen molar-refractivity contribution in [3.8, 4) is 0 Å². The highest BCUT2D eigenvalue weighted by Gasteiger charge is 2.33. The molecule has 0 saturated carbocycles. The van der Waals surface area contributed by atoms with Crippen molar-refractivity contribution in [3.05, 3.63) is 53.2 Å². The summed E-state index contributed by atoms with van der Waals surface area (Å²) >= 11 is 1.51. The van der Waals surface area contributed by atoms with Crippen LogP contribution in [0.2, 0.25) is 0 Å². The average Bonchev–Trinajstić information content (AvgIpc) is 3.74. The van der Waals surface area contributed by atoms with Gasteiger partial charge >= 0.3 is 11.9 Å². The summed E-state index contributed by atoms with van der Waals surface area (Å²) in [6, 6.07) is 6.26. The number of unbranched alkanes of at least 4 members (excludes halogenated alkanes) is 12. The normalized spacial score (nSPS) is 13.9. The third kappa shape index (κ3) is 9.83. The van der Waals surface area contributed by atoms with Gasteiger partial charge in [-0.3, -0.25) is 4.79 Å². The monoisotopic (exact) mass is 728 g/mol. The number of hydrogen-bond acceptors (Lipinski definition) is 10. The number of nitrogens with one attached hydrogen (secondary N) is 2. The van der Waals surface area contributed by atoms with Crippen LogP contribution in [-0.4, -0.2) is 60.7 Å². The Hall–Kier alpha value is -4.16. The number of nitrogens with zero attached hydrogens (tertiary/aromatic N) is 4. The Kier molecular flexibility index (Phi) is 13.1. The number of rotatable bonds is 21. The summed E-state index contributed by atoms with van der Waals surface area (Å²) in [6.07, 6.45) is 19.6. The van der Waals surface area contributed by atoms with Crippen molar-refractivity contribution < 1.29 is 24.2 Å². The molecule has 5 heterocycles. The molecule has 0 fully saturated rings. The highest BCUT2D eigenvalue weighted by atomic mass is 32.1. The molecular formula is C40H52N6O5S. The summed E-state index contributed by atoms with van der Waals surface area (Å²) in [5.74, 6) is -0.299. The summed E-state index contributed by atoms with van der Waals surface area (Å²) in [4.78, 5) is 47.1. The first-order chi connectivity index (χ1) is 25.3. The van der Waals surface area contributed by atoms with E-state index in [1.165, 1.54) is 61.8 Å². The van der Waals surface area contributed by atoms with E-state index in [1.807, 2.05) is 0 Å². The number of aromatic amines is 1. The fourth-order valence-corrected chi connectivity index (χ4v) is 8.20. The van der Waals surface area contributed by atoms with Crippen molar-refractivity contribution in [2.75, 3.05) is 18.5 Å². The van der Waals surface area contributed by atoms with Gasteiger partial charge in [-0.15, -0.1) is 11.3 Å². The van der Waals surface area contributed by atoms with E-state index in [0.29, 0.717) is 43.7 Å². The molecule has 0 bridgehead atoms. The van der Waals surface area contributed by atoms with E-state index in [1.54, 1.807) is 12.7 Å². The van der Waals surface area contributed by atoms with E-state index in [9.17, 15) is 9.59 Å². The zero-order valence-electron chi connectivity index (χ0n) is 30.6. The number of hydrogen-bond donors (Lipinski definition) is 3. The van der Waals surface area contributed by atoms with Crippen molar-refractivity contribution in [2.24, 2.45) is 0 Å². The van der Waals surface area contributed by atoms with Crippen LogP contribution in [0.25, 0.3) is 31.5 Å². The number of carboxylic acids is 1. The number of pyridine rings is 1. The predicted octanol–water partition coefficient (Wildman–Crippen LogP) is 9.32. The standard InChI is InChI=1S/C40H52N6O5S/c1-40(2)23-31-28(24-51-40)33(39(49)50-21-15-13-11-9-7-5-3-4-6-8-10-12-14-16-32(47)48)34-35-36(52-38(34)46-31)37(45-26-44-35)41-20-19-27-17-18-29-30(22-27)43-25-42-29/h17-18,22,25-26H,3-16,19-21,23-24H2,1-2H3,(H,42,43)(H,47,48)(H,41,44,45). The number of imidazole rings is 1. The molecule has 0 saturated heterocycles. The number of aromatic nitrogens is 5. The molecule has 1 aromatic carbocycles. The van der Waals surface area contributed by atoms with Gasteiger partial charge in [0.25, 0.3) is 0 Å². The Labute approximate surface area is 309 Å². The van der Waals surface area contributed by atoms with Gasteiger partial charge in [0.2, 0.25) is 0 Å². The lowest BCUT2D eigenvalue weighted by Gasteiger charge is -2.32. The quantitative estimate of drug-likeness (QED) is 0.0492. The average molecular weight is 729 g/mol. The molecule has 0 spiro atoms. The summed E-state index contributed by atoms with van der Waals surface area (Å²) in [7, 11) is 0. The molecule has 4 aromatic heterocycles. The number of benzene rings is 1. The molecule has 1 aliphatic rings. The molecule has 12 heteroatoms. The Morgan fingerprint density at radius 3 is 2.40 bits per heavy atom. The van der Waals surface area contributed by atoms with Gasteiger partial charge in [-0.2, -0.15) is 0 Å². The van der Waals surface area contributed by atoms with Gasteiger partial charge in [-0.1, -0.05) is 76.7 Å². The minimum atomic E-state index is -0.691. The number of ether oxygens (including phenoxy) is 2. The van der Waals surface area contributed by atoms with Gasteiger partial charge in [0.1, 0.15) is 17.0 Å². The maximum atomic E-state index is 13.9. The minimum Gasteiger partial charge on any atom is -0.481 e. The molecule has 0 atom stereocenters. The van der Waals surface area contributed by atoms with Gasteiger partial charge in [0.15, 0.2) is 0 Å². The lowest BCUT2D eigenvalue weighted by atomic mass is 9.92. The predicted molar refractivity (Wildman–Crippen MR) is 206 cm³/mol. The van der Waals surface area contributed by atoms with Crippen molar-refractivity contribution in [1.29, 1.82) is 0 Å². The Balaban J connectivity index is 1.02. The van der Waals surface area contributed by atoms with Gasteiger partial charge in [0, 0.05) is 24.9 Å². The number of carbonyl (C=O) groups excluding carboxylic acids is 1. The fraction of sp³-hybridized carbons (Fsp3) is 0.550. The number of anilines is 1. The van der Waals surface area contributed by atoms with Crippen LogP contribution in [0.5, 0.6) is 0 Å². The topological polar surface area (TPSA) is 152 Å². The number of carboxylic acid groups (broad SMARTS) is 1. The highest BCUT2D eigenvalue weighted by Crippen LogP contribution is 2.41. The molecular weight excluding hydrogens is 677 g/mol. The second-order valence-corrected chi connectivity index (χ2v) is 15.6. The third-order valence-electron chi connectivity index (χ3n) is 9.95. The first kappa shape index (κ1) is 37.6. The molecule has 0 unspecified atom stereocenters. The number of esters is 1. The van der Waals surface area contributed by atoms with Gasteiger partial charge in [0.05, 0.1) is 63.0 Å². The molecule has 3 N–H and O–H groups in total. The van der Waals surface area contributed by atoms with Crippen molar-refractivity contribution in [2.45, 2.75) is 129 Å². The molecule has 0 radical (unpaired) electrons. The van der Waals surface area contributed by atoms with Crippen LogP contribution in [0, 0.1) is 0 Å². The highest BCUT2D eigenvalue weighted by molar-refractivity contribution is 7.26. The Bertz CT molecular complexity index is 1970.